The molecule has 1 atom stereocenters. The highest BCUT2D eigenvalue weighted by Gasteiger charge is 2.16. The summed E-state index contributed by atoms with van der Waals surface area (Å²) in [6.45, 7) is 4.25. The van der Waals surface area contributed by atoms with Crippen molar-refractivity contribution in [2.24, 2.45) is 0 Å². The molecule has 1 aromatic rings. The van der Waals surface area contributed by atoms with E-state index in [1.807, 2.05) is 12.1 Å². The van der Waals surface area contributed by atoms with E-state index in [0.717, 1.165) is 6.42 Å². The van der Waals surface area contributed by atoms with Crippen molar-refractivity contribution in [3.05, 3.63) is 29.8 Å². The molecule has 0 saturated carbocycles. The summed E-state index contributed by atoms with van der Waals surface area (Å²) in [4.78, 5) is 0.351. The van der Waals surface area contributed by atoms with Crippen LogP contribution in [0.5, 0.6) is 0 Å². The molecule has 0 aromatic heterocycles. The molecule has 0 fully saturated rings. The van der Waals surface area contributed by atoms with Crippen LogP contribution in [0, 0.1) is 0 Å². The van der Waals surface area contributed by atoms with Crippen molar-refractivity contribution in [2.45, 2.75) is 31.1 Å². The maximum atomic E-state index is 11.8. The summed E-state index contributed by atoms with van der Waals surface area (Å²) in [7, 11) is -0.214. The number of sulfonamides is 1. The molecule has 0 aliphatic heterocycles. The first-order valence-corrected chi connectivity index (χ1v) is 6.86. The normalized spacial score (nSPS) is 14.1. The molecule has 1 unspecified atom stereocenters. The van der Waals surface area contributed by atoms with Crippen LogP contribution in [-0.4, -0.2) is 26.8 Å². The molecular formula is C12H19NO2S. The van der Waals surface area contributed by atoms with Crippen LogP contribution < -0.4 is 0 Å². The molecule has 1 aromatic carbocycles. The molecule has 0 N–H and O–H groups in total. The molecule has 0 heterocycles. The minimum absolute atomic E-state index is 0.351. The molecule has 0 radical (unpaired) electrons. The highest BCUT2D eigenvalue weighted by Crippen LogP contribution is 2.21. The van der Waals surface area contributed by atoms with Gasteiger partial charge in [-0.3, -0.25) is 0 Å². The first kappa shape index (κ1) is 13.2. The first-order valence-electron chi connectivity index (χ1n) is 5.42. The molecule has 3 nitrogen and oxygen atoms in total. The average Bonchev–Trinajstić information content (AvgIpc) is 2.28. The van der Waals surface area contributed by atoms with Gasteiger partial charge < -0.3 is 0 Å². The van der Waals surface area contributed by atoms with Gasteiger partial charge in [0.25, 0.3) is 0 Å². The zero-order valence-electron chi connectivity index (χ0n) is 10.3. The summed E-state index contributed by atoms with van der Waals surface area (Å²) < 4.78 is 24.8. The van der Waals surface area contributed by atoms with Gasteiger partial charge in [0.1, 0.15) is 0 Å². The minimum atomic E-state index is -3.29. The fraction of sp³-hybridized carbons (Fsp3) is 0.500. The Morgan fingerprint density at radius 3 is 2.06 bits per heavy atom. The van der Waals surface area contributed by atoms with Gasteiger partial charge in [-0.15, -0.1) is 0 Å². The molecule has 1 rings (SSSR count). The summed E-state index contributed by atoms with van der Waals surface area (Å²) in [5.74, 6) is 0.469. The molecule has 0 saturated heterocycles. The average molecular weight is 241 g/mol. The Morgan fingerprint density at radius 2 is 1.69 bits per heavy atom. The van der Waals surface area contributed by atoms with E-state index in [1.54, 1.807) is 12.1 Å². The zero-order valence-corrected chi connectivity index (χ0v) is 11.1. The fourth-order valence-electron chi connectivity index (χ4n) is 1.41. The highest BCUT2D eigenvalue weighted by atomic mass is 32.2. The van der Waals surface area contributed by atoms with Crippen LogP contribution in [0.4, 0.5) is 0 Å². The molecular weight excluding hydrogens is 222 g/mol. The van der Waals surface area contributed by atoms with Crippen molar-refractivity contribution in [3.8, 4) is 0 Å². The zero-order chi connectivity index (χ0) is 12.3. The van der Waals surface area contributed by atoms with Gasteiger partial charge in [-0.1, -0.05) is 26.0 Å². The Labute approximate surface area is 98.1 Å². The molecule has 16 heavy (non-hydrogen) atoms. The number of nitrogens with zero attached hydrogens (tertiary/aromatic N) is 1. The number of rotatable bonds is 4. The van der Waals surface area contributed by atoms with Gasteiger partial charge >= 0.3 is 0 Å². The summed E-state index contributed by atoms with van der Waals surface area (Å²) >= 11 is 0. The number of hydrogen-bond donors (Lipinski definition) is 0. The van der Waals surface area contributed by atoms with Crippen LogP contribution in [0.3, 0.4) is 0 Å². The third-order valence-corrected chi connectivity index (χ3v) is 4.67. The Morgan fingerprint density at radius 1 is 1.19 bits per heavy atom. The van der Waals surface area contributed by atoms with E-state index in [4.69, 9.17) is 0 Å². The Hall–Kier alpha value is -0.870. The van der Waals surface area contributed by atoms with E-state index in [9.17, 15) is 8.42 Å². The summed E-state index contributed by atoms with van der Waals surface area (Å²) in [6.07, 6.45) is 1.06. The highest BCUT2D eigenvalue weighted by molar-refractivity contribution is 7.89. The predicted octanol–water partition coefficient (Wildman–Crippen LogP) is 2.45. The van der Waals surface area contributed by atoms with Crippen LogP contribution in [-0.2, 0) is 10.0 Å². The maximum absolute atomic E-state index is 11.8. The minimum Gasteiger partial charge on any atom is -0.207 e. The summed E-state index contributed by atoms with van der Waals surface area (Å²) in [5.41, 5.74) is 1.18. The van der Waals surface area contributed by atoms with E-state index in [-0.39, 0.29) is 0 Å². The van der Waals surface area contributed by atoms with E-state index in [2.05, 4.69) is 13.8 Å². The Balaban J connectivity index is 3.05. The second-order valence-electron chi connectivity index (χ2n) is 4.17. The van der Waals surface area contributed by atoms with E-state index in [1.165, 1.54) is 24.0 Å². The van der Waals surface area contributed by atoms with Gasteiger partial charge in [0.2, 0.25) is 10.0 Å². The van der Waals surface area contributed by atoms with Gasteiger partial charge in [0.05, 0.1) is 4.90 Å². The van der Waals surface area contributed by atoms with Crippen LogP contribution in [0.15, 0.2) is 29.2 Å². The standard InChI is InChI=1S/C12H19NO2S/c1-5-10(2)11-6-8-12(9-7-11)16(14,15)13(3)4/h6-10H,5H2,1-4H3. The van der Waals surface area contributed by atoms with Crippen molar-refractivity contribution < 1.29 is 8.42 Å². The van der Waals surface area contributed by atoms with Crippen molar-refractivity contribution >= 4 is 10.0 Å². The van der Waals surface area contributed by atoms with Crippen LogP contribution >= 0.6 is 0 Å². The summed E-state index contributed by atoms with van der Waals surface area (Å²) in [5, 5.41) is 0. The Bertz CT molecular complexity index is 435. The van der Waals surface area contributed by atoms with E-state index >= 15 is 0 Å². The third kappa shape index (κ3) is 2.62. The van der Waals surface area contributed by atoms with Crippen LogP contribution in [0.25, 0.3) is 0 Å². The van der Waals surface area contributed by atoms with Gasteiger partial charge in [-0.25, -0.2) is 12.7 Å². The molecule has 0 amide bonds. The van der Waals surface area contributed by atoms with Crippen molar-refractivity contribution in [3.63, 3.8) is 0 Å². The molecule has 0 bridgehead atoms. The quantitative estimate of drug-likeness (QED) is 0.812. The fourth-order valence-corrected chi connectivity index (χ4v) is 2.32. The van der Waals surface area contributed by atoms with E-state index < -0.39 is 10.0 Å². The molecule has 0 aliphatic rings. The first-order chi connectivity index (χ1) is 7.39. The number of benzene rings is 1. The second-order valence-corrected chi connectivity index (χ2v) is 6.32. The largest absolute Gasteiger partial charge is 0.242 e. The predicted molar refractivity (Wildman–Crippen MR) is 66.0 cm³/mol. The Kier molecular flexibility index (Phi) is 4.10. The van der Waals surface area contributed by atoms with Crippen molar-refractivity contribution in [1.82, 2.24) is 4.31 Å². The lowest BCUT2D eigenvalue weighted by atomic mass is 9.99. The lowest BCUT2D eigenvalue weighted by Crippen LogP contribution is -2.22. The lowest BCUT2D eigenvalue weighted by molar-refractivity contribution is 0.520. The van der Waals surface area contributed by atoms with E-state index in [0.29, 0.717) is 10.8 Å². The SMILES string of the molecule is CCC(C)c1ccc(S(=O)(=O)N(C)C)cc1. The van der Waals surface area contributed by atoms with Crippen LogP contribution in [0.1, 0.15) is 31.7 Å². The maximum Gasteiger partial charge on any atom is 0.242 e. The lowest BCUT2D eigenvalue weighted by Gasteiger charge is -2.13. The smallest absolute Gasteiger partial charge is 0.207 e. The van der Waals surface area contributed by atoms with Gasteiger partial charge in [-0.2, -0.15) is 0 Å². The topological polar surface area (TPSA) is 37.4 Å². The van der Waals surface area contributed by atoms with Crippen LogP contribution in [0.2, 0.25) is 0 Å². The van der Waals surface area contributed by atoms with Gasteiger partial charge in [0, 0.05) is 14.1 Å². The monoisotopic (exact) mass is 241 g/mol. The van der Waals surface area contributed by atoms with Crippen molar-refractivity contribution in [1.29, 1.82) is 0 Å². The number of hydrogen-bond acceptors (Lipinski definition) is 2. The summed E-state index contributed by atoms with van der Waals surface area (Å²) in [6, 6.07) is 7.14. The third-order valence-electron chi connectivity index (χ3n) is 2.84. The molecule has 90 valence electrons. The van der Waals surface area contributed by atoms with Gasteiger partial charge in [-0.05, 0) is 30.0 Å². The molecule has 4 heteroatoms. The molecule has 0 aliphatic carbocycles. The van der Waals surface area contributed by atoms with Gasteiger partial charge in [0.15, 0.2) is 0 Å². The second kappa shape index (κ2) is 4.97. The molecule has 0 spiro atoms. The van der Waals surface area contributed by atoms with Crippen molar-refractivity contribution in [2.75, 3.05) is 14.1 Å².